The van der Waals surface area contributed by atoms with Gasteiger partial charge in [-0.15, -0.1) is 0 Å². The topological polar surface area (TPSA) is 13.1 Å². The van der Waals surface area contributed by atoms with Crippen molar-refractivity contribution in [2.24, 2.45) is 0 Å². The maximum atomic E-state index is 8.85. The SMILES string of the molecule is [2H]c1c([2H])c([2H])c(-c2c3ccccc3c(-c3cccc4oc5cccc(-c6c([2H])c([2H])c([2H])c([2H])c6[2H])c5c34)c3ccccc23)c([2H])c1[2H]. The Balaban J connectivity index is 1.56. The zero-order valence-corrected chi connectivity index (χ0v) is 20.5. The number of benzene rings is 7. The van der Waals surface area contributed by atoms with Gasteiger partial charge in [0.25, 0.3) is 0 Å². The first-order chi connectivity index (χ1) is 23.5. The van der Waals surface area contributed by atoms with E-state index in [1.165, 1.54) is 0 Å². The quantitative estimate of drug-likeness (QED) is 0.217. The molecule has 1 heteroatoms. The van der Waals surface area contributed by atoms with Crippen molar-refractivity contribution in [3.05, 3.63) is 145 Å². The van der Waals surface area contributed by atoms with Crippen molar-refractivity contribution in [1.82, 2.24) is 0 Å². The molecule has 0 bridgehead atoms. The molecule has 0 radical (unpaired) electrons. The van der Waals surface area contributed by atoms with E-state index in [-0.39, 0.29) is 35.3 Å². The Morgan fingerprint density at radius 3 is 1.44 bits per heavy atom. The summed E-state index contributed by atoms with van der Waals surface area (Å²) in [7, 11) is 0. The minimum atomic E-state index is -0.471. The third-order valence-electron chi connectivity index (χ3n) is 7.24. The van der Waals surface area contributed by atoms with E-state index in [0.29, 0.717) is 43.8 Å². The van der Waals surface area contributed by atoms with Crippen LogP contribution in [-0.4, -0.2) is 0 Å². The summed E-state index contributed by atoms with van der Waals surface area (Å²) < 4.78 is 91.4. The lowest BCUT2D eigenvalue weighted by atomic mass is 9.84. The van der Waals surface area contributed by atoms with Crippen molar-refractivity contribution < 1.29 is 18.1 Å². The summed E-state index contributed by atoms with van der Waals surface area (Å²) >= 11 is 0. The highest BCUT2D eigenvalue weighted by molar-refractivity contribution is 6.26. The van der Waals surface area contributed by atoms with Gasteiger partial charge in [0.05, 0.1) is 13.7 Å². The standard InChI is InChI=1S/C38H24O/c1-3-13-25(14-4-1)27-21-11-23-33-37(27)38-32(22-12-24-34(38)39-33)36-30-19-9-7-17-28(30)35(26-15-5-2-6-16-26)29-18-8-10-20-31(29)36/h1-24H/i1D,2D,3D,4D,5D,6D,13D,14D,15D,16D. The van der Waals surface area contributed by atoms with Gasteiger partial charge in [-0.3, -0.25) is 0 Å². The maximum Gasteiger partial charge on any atom is 0.136 e. The van der Waals surface area contributed by atoms with Gasteiger partial charge in [0, 0.05) is 10.8 Å². The number of rotatable bonds is 3. The summed E-state index contributed by atoms with van der Waals surface area (Å²) in [5.41, 5.74) is 3.73. The fourth-order valence-electron chi connectivity index (χ4n) is 5.73. The second-order valence-corrected chi connectivity index (χ2v) is 9.30. The van der Waals surface area contributed by atoms with Crippen LogP contribution in [0.1, 0.15) is 13.7 Å². The summed E-state index contributed by atoms with van der Waals surface area (Å²) in [5, 5.41) is 4.19. The number of hydrogen-bond donors (Lipinski definition) is 0. The van der Waals surface area contributed by atoms with Crippen LogP contribution in [0.3, 0.4) is 0 Å². The fourth-order valence-corrected chi connectivity index (χ4v) is 5.73. The van der Waals surface area contributed by atoms with Crippen LogP contribution in [-0.2, 0) is 0 Å². The van der Waals surface area contributed by atoms with Crippen LogP contribution in [0.5, 0.6) is 0 Å². The van der Waals surface area contributed by atoms with Gasteiger partial charge in [-0.2, -0.15) is 0 Å². The normalized spacial score (nSPS) is 15.2. The van der Waals surface area contributed by atoms with Crippen LogP contribution in [0.25, 0.3) is 76.9 Å². The summed E-state index contributed by atoms with van der Waals surface area (Å²) in [5.74, 6) is 0. The van der Waals surface area contributed by atoms with E-state index in [1.54, 1.807) is 18.2 Å². The smallest absolute Gasteiger partial charge is 0.136 e. The second kappa shape index (κ2) is 8.72. The molecule has 0 saturated heterocycles. The van der Waals surface area contributed by atoms with E-state index >= 15 is 0 Å². The van der Waals surface area contributed by atoms with E-state index in [9.17, 15) is 0 Å². The van der Waals surface area contributed by atoms with Crippen LogP contribution in [0, 0.1) is 0 Å². The fraction of sp³-hybridized carbons (Fsp3) is 0. The molecule has 182 valence electrons. The third kappa shape index (κ3) is 3.34. The van der Waals surface area contributed by atoms with Gasteiger partial charge in [-0.25, -0.2) is 0 Å². The molecule has 0 saturated carbocycles. The monoisotopic (exact) mass is 506 g/mol. The molecule has 0 aliphatic carbocycles. The van der Waals surface area contributed by atoms with Gasteiger partial charge in [0.2, 0.25) is 0 Å². The number of furan rings is 1. The van der Waals surface area contributed by atoms with Crippen LogP contribution in [0.2, 0.25) is 0 Å². The Bertz CT molecular complexity index is 2620. The second-order valence-electron chi connectivity index (χ2n) is 9.30. The van der Waals surface area contributed by atoms with E-state index in [2.05, 4.69) is 0 Å². The van der Waals surface area contributed by atoms with Gasteiger partial charge in [-0.1, -0.05) is 133 Å². The Morgan fingerprint density at radius 2 is 0.872 bits per heavy atom. The van der Waals surface area contributed by atoms with Gasteiger partial charge in [0.1, 0.15) is 11.2 Å². The Labute approximate surface area is 240 Å². The predicted molar refractivity (Wildman–Crippen MR) is 165 cm³/mol. The largest absolute Gasteiger partial charge is 0.456 e. The highest BCUT2D eigenvalue weighted by Gasteiger charge is 2.21. The molecule has 1 nitrogen and oxygen atoms in total. The Kier molecular flexibility index (Phi) is 3.16. The molecule has 0 atom stereocenters. The van der Waals surface area contributed by atoms with Crippen molar-refractivity contribution in [2.75, 3.05) is 0 Å². The zero-order chi connectivity index (χ0) is 34.5. The first kappa shape index (κ1) is 14.1. The van der Waals surface area contributed by atoms with Gasteiger partial charge in [0.15, 0.2) is 0 Å². The van der Waals surface area contributed by atoms with Gasteiger partial charge < -0.3 is 4.42 Å². The lowest BCUT2D eigenvalue weighted by Gasteiger charge is -2.18. The molecular weight excluding hydrogens is 472 g/mol. The average molecular weight is 507 g/mol. The predicted octanol–water partition coefficient (Wildman–Crippen LogP) is 10.9. The highest BCUT2D eigenvalue weighted by atomic mass is 16.3. The molecule has 0 unspecified atom stereocenters. The molecule has 8 aromatic rings. The van der Waals surface area contributed by atoms with Crippen LogP contribution in [0.15, 0.2) is 150 Å². The van der Waals surface area contributed by atoms with E-state index < -0.39 is 36.3 Å². The molecule has 39 heavy (non-hydrogen) atoms. The van der Waals surface area contributed by atoms with Crippen molar-refractivity contribution in [3.8, 4) is 33.4 Å². The van der Waals surface area contributed by atoms with Gasteiger partial charge >= 0.3 is 0 Å². The van der Waals surface area contributed by atoms with Gasteiger partial charge in [-0.05, 0) is 67.1 Å². The molecule has 1 aromatic heterocycles. The van der Waals surface area contributed by atoms with E-state index in [0.717, 1.165) is 21.9 Å². The Morgan fingerprint density at radius 1 is 0.410 bits per heavy atom. The van der Waals surface area contributed by atoms with E-state index in [4.69, 9.17) is 18.1 Å². The maximum absolute atomic E-state index is 8.85. The minimum absolute atomic E-state index is 0.0698. The van der Waals surface area contributed by atoms with Crippen molar-refractivity contribution in [3.63, 3.8) is 0 Å². The molecule has 0 amide bonds. The Hall–Kier alpha value is -5.14. The van der Waals surface area contributed by atoms with Crippen molar-refractivity contribution >= 4 is 43.5 Å². The first-order valence-corrected chi connectivity index (χ1v) is 12.6. The highest BCUT2D eigenvalue weighted by Crippen LogP contribution is 2.48. The lowest BCUT2D eigenvalue weighted by molar-refractivity contribution is 0.669. The molecule has 7 aromatic carbocycles. The molecule has 0 N–H and O–H groups in total. The lowest BCUT2D eigenvalue weighted by Crippen LogP contribution is -1.91. The summed E-state index contributed by atoms with van der Waals surface area (Å²) in [6, 6.07) is 22.2. The van der Waals surface area contributed by atoms with Crippen LogP contribution >= 0.6 is 0 Å². The minimum Gasteiger partial charge on any atom is -0.456 e. The third-order valence-corrected chi connectivity index (χ3v) is 7.24. The summed E-state index contributed by atoms with van der Waals surface area (Å²) in [6.45, 7) is 0. The van der Waals surface area contributed by atoms with Crippen molar-refractivity contribution in [1.29, 1.82) is 0 Å². The average Bonchev–Trinajstić information content (AvgIpc) is 3.51. The summed E-state index contributed by atoms with van der Waals surface area (Å²) in [4.78, 5) is 0. The molecule has 8 rings (SSSR count). The molecule has 0 aliphatic rings. The first-order valence-electron chi connectivity index (χ1n) is 17.6. The zero-order valence-electron chi connectivity index (χ0n) is 30.5. The number of fused-ring (bicyclic) bond motifs is 5. The van der Waals surface area contributed by atoms with Crippen LogP contribution in [0.4, 0.5) is 0 Å². The molecule has 0 aliphatic heterocycles. The van der Waals surface area contributed by atoms with Crippen LogP contribution < -0.4 is 0 Å². The summed E-state index contributed by atoms with van der Waals surface area (Å²) in [6.07, 6.45) is 0. The molecule has 0 spiro atoms. The van der Waals surface area contributed by atoms with E-state index in [1.807, 2.05) is 66.7 Å². The molecular formula is C38H24O. The molecule has 1 heterocycles. The molecule has 0 fully saturated rings. The number of hydrogen-bond acceptors (Lipinski definition) is 1. The van der Waals surface area contributed by atoms with Crippen molar-refractivity contribution in [2.45, 2.75) is 0 Å².